The zero-order valence-electron chi connectivity index (χ0n) is 12.1. The molecule has 0 saturated carbocycles. The Balaban J connectivity index is 2.00. The average Bonchev–Trinajstić information content (AvgIpc) is 2.49. The summed E-state index contributed by atoms with van der Waals surface area (Å²) in [4.78, 5) is 12.5. The van der Waals surface area contributed by atoms with Crippen LogP contribution in [0.4, 0.5) is 0 Å². The smallest absolute Gasteiger partial charge is 0.253 e. The van der Waals surface area contributed by atoms with E-state index in [1.807, 2.05) is 60.0 Å². The predicted molar refractivity (Wildman–Crippen MR) is 95.8 cm³/mol. The van der Waals surface area contributed by atoms with E-state index in [9.17, 15) is 4.79 Å². The summed E-state index contributed by atoms with van der Waals surface area (Å²) in [5.74, 6) is 0. The van der Waals surface area contributed by atoms with Crippen molar-refractivity contribution in [2.24, 2.45) is 0 Å². The summed E-state index contributed by atoms with van der Waals surface area (Å²) in [6.07, 6.45) is 0.797. The van der Waals surface area contributed by atoms with Gasteiger partial charge in [-0.2, -0.15) is 0 Å². The third-order valence-corrected chi connectivity index (χ3v) is 4.52. The topological polar surface area (TPSA) is 22.0 Å². The summed E-state index contributed by atoms with van der Waals surface area (Å²) in [5.41, 5.74) is 2.97. The Kier molecular flexibility index (Phi) is 4.37. The minimum atomic E-state index is 0.0729. The molecule has 0 aliphatic carbocycles. The van der Waals surface area contributed by atoms with Crippen molar-refractivity contribution in [1.29, 1.82) is 0 Å². The van der Waals surface area contributed by atoms with Crippen LogP contribution in [-0.2, 0) is 13.0 Å². The molecule has 0 atom stereocenters. The number of pyridine rings is 1. The molecule has 0 saturated heterocycles. The Morgan fingerprint density at radius 1 is 1.09 bits per heavy atom. The van der Waals surface area contributed by atoms with Gasteiger partial charge in [0.15, 0.2) is 0 Å². The molecule has 2 nitrogen and oxygen atoms in total. The lowest BCUT2D eigenvalue weighted by Gasteiger charge is -2.12. The van der Waals surface area contributed by atoms with E-state index in [1.165, 1.54) is 5.56 Å². The fourth-order valence-electron chi connectivity index (χ4n) is 2.62. The van der Waals surface area contributed by atoms with Crippen molar-refractivity contribution in [3.8, 4) is 0 Å². The van der Waals surface area contributed by atoms with Crippen LogP contribution in [0, 0.1) is 6.92 Å². The lowest BCUT2D eigenvalue weighted by atomic mass is 10.1. The van der Waals surface area contributed by atoms with E-state index in [0.29, 0.717) is 6.54 Å². The van der Waals surface area contributed by atoms with Gasteiger partial charge in [0.25, 0.3) is 5.56 Å². The van der Waals surface area contributed by atoms with Crippen molar-refractivity contribution < 1.29 is 0 Å². The van der Waals surface area contributed by atoms with Gasteiger partial charge in [0.1, 0.15) is 0 Å². The van der Waals surface area contributed by atoms with Gasteiger partial charge in [-0.25, -0.2) is 0 Å². The molecule has 1 aromatic heterocycles. The van der Waals surface area contributed by atoms with E-state index in [2.05, 4.69) is 15.9 Å². The zero-order chi connectivity index (χ0) is 15.7. The van der Waals surface area contributed by atoms with Crippen LogP contribution >= 0.6 is 27.5 Å². The molecule has 0 radical (unpaired) electrons. The van der Waals surface area contributed by atoms with Crippen molar-refractivity contribution in [3.63, 3.8) is 0 Å². The highest BCUT2D eigenvalue weighted by Gasteiger charge is 2.07. The van der Waals surface area contributed by atoms with Gasteiger partial charge in [0.2, 0.25) is 0 Å². The van der Waals surface area contributed by atoms with Crippen LogP contribution in [0.2, 0.25) is 5.02 Å². The highest BCUT2D eigenvalue weighted by atomic mass is 79.9. The molecule has 22 heavy (non-hydrogen) atoms. The molecule has 0 fully saturated rings. The Morgan fingerprint density at radius 3 is 2.55 bits per heavy atom. The molecule has 0 amide bonds. The lowest BCUT2D eigenvalue weighted by Crippen LogP contribution is -2.23. The van der Waals surface area contributed by atoms with Crippen molar-refractivity contribution in [2.75, 3.05) is 0 Å². The van der Waals surface area contributed by atoms with Crippen LogP contribution in [0.25, 0.3) is 10.9 Å². The molecule has 112 valence electrons. The van der Waals surface area contributed by atoms with Crippen LogP contribution in [-0.4, -0.2) is 4.57 Å². The van der Waals surface area contributed by atoms with Crippen molar-refractivity contribution >= 4 is 38.4 Å². The summed E-state index contributed by atoms with van der Waals surface area (Å²) in [5, 5.41) is 1.80. The second-order valence-corrected chi connectivity index (χ2v) is 6.72. The maximum absolute atomic E-state index is 12.5. The number of halogens is 2. The Bertz CT molecular complexity index is 884. The molecule has 0 N–H and O–H groups in total. The zero-order valence-corrected chi connectivity index (χ0v) is 14.5. The summed E-state index contributed by atoms with van der Waals surface area (Å²) in [6, 6.07) is 15.7. The molecule has 0 unspecified atom stereocenters. The minimum Gasteiger partial charge on any atom is -0.308 e. The Labute approximate surface area is 142 Å². The third kappa shape index (κ3) is 3.11. The minimum absolute atomic E-state index is 0.0729. The van der Waals surface area contributed by atoms with E-state index in [1.54, 1.807) is 0 Å². The van der Waals surface area contributed by atoms with Crippen molar-refractivity contribution in [3.05, 3.63) is 79.5 Å². The number of hydrogen-bond acceptors (Lipinski definition) is 1. The van der Waals surface area contributed by atoms with Crippen molar-refractivity contribution in [2.45, 2.75) is 19.9 Å². The molecule has 2 aromatic carbocycles. The highest BCUT2D eigenvalue weighted by Crippen LogP contribution is 2.20. The first-order chi connectivity index (χ1) is 10.5. The van der Waals surface area contributed by atoms with Gasteiger partial charge in [0, 0.05) is 21.6 Å². The second-order valence-electron chi connectivity index (χ2n) is 5.36. The van der Waals surface area contributed by atoms with Crippen LogP contribution in [0.5, 0.6) is 0 Å². The number of fused-ring (bicyclic) bond motifs is 1. The summed E-state index contributed by atoms with van der Waals surface area (Å²) in [7, 11) is 0. The maximum atomic E-state index is 12.5. The first-order valence-corrected chi connectivity index (χ1v) is 8.26. The van der Waals surface area contributed by atoms with Crippen LogP contribution < -0.4 is 5.56 Å². The first-order valence-electron chi connectivity index (χ1n) is 7.09. The van der Waals surface area contributed by atoms with Gasteiger partial charge < -0.3 is 4.57 Å². The molecule has 0 aliphatic heterocycles. The quantitative estimate of drug-likeness (QED) is 0.632. The Morgan fingerprint density at radius 2 is 1.82 bits per heavy atom. The van der Waals surface area contributed by atoms with Crippen LogP contribution in [0.1, 0.15) is 11.1 Å². The second kappa shape index (κ2) is 6.27. The molecule has 0 aliphatic rings. The van der Waals surface area contributed by atoms with Crippen LogP contribution in [0.15, 0.2) is 57.8 Å². The third-order valence-electron chi connectivity index (χ3n) is 3.77. The SMILES string of the molecule is Cc1cc2cc(Br)ccc2n(CCc2ccc(Cl)cc2)c1=O. The number of rotatable bonds is 3. The van der Waals surface area contributed by atoms with Gasteiger partial charge >= 0.3 is 0 Å². The maximum Gasteiger partial charge on any atom is 0.253 e. The predicted octanol–water partition coefficient (Wildman–Crippen LogP) is 4.97. The molecule has 0 spiro atoms. The number of aryl methyl sites for hydroxylation is 3. The number of nitrogens with zero attached hydrogens (tertiary/aromatic N) is 1. The number of benzene rings is 2. The normalized spacial score (nSPS) is 11.0. The Hall–Kier alpha value is -1.58. The summed E-state index contributed by atoms with van der Waals surface area (Å²) >= 11 is 9.39. The van der Waals surface area contributed by atoms with E-state index in [-0.39, 0.29) is 5.56 Å². The van der Waals surface area contributed by atoms with Gasteiger partial charge in [-0.1, -0.05) is 39.7 Å². The van der Waals surface area contributed by atoms with Gasteiger partial charge in [-0.05, 0) is 60.7 Å². The van der Waals surface area contributed by atoms with Crippen molar-refractivity contribution in [1.82, 2.24) is 4.57 Å². The molecule has 3 rings (SSSR count). The van der Waals surface area contributed by atoms with Gasteiger partial charge in [-0.3, -0.25) is 4.79 Å². The molecule has 4 heteroatoms. The van der Waals surface area contributed by atoms with Gasteiger partial charge in [-0.15, -0.1) is 0 Å². The summed E-state index contributed by atoms with van der Waals surface area (Å²) in [6.45, 7) is 2.52. The molecule has 0 bridgehead atoms. The monoisotopic (exact) mass is 375 g/mol. The average molecular weight is 377 g/mol. The summed E-state index contributed by atoms with van der Waals surface area (Å²) < 4.78 is 2.87. The van der Waals surface area contributed by atoms with E-state index in [0.717, 1.165) is 32.4 Å². The van der Waals surface area contributed by atoms with Crippen LogP contribution in [0.3, 0.4) is 0 Å². The fourth-order valence-corrected chi connectivity index (χ4v) is 3.12. The highest BCUT2D eigenvalue weighted by molar-refractivity contribution is 9.10. The number of aromatic nitrogens is 1. The lowest BCUT2D eigenvalue weighted by molar-refractivity contribution is 0.691. The van der Waals surface area contributed by atoms with E-state index < -0.39 is 0 Å². The van der Waals surface area contributed by atoms with E-state index >= 15 is 0 Å². The largest absolute Gasteiger partial charge is 0.308 e. The molecular formula is C18H15BrClNO. The number of hydrogen-bond donors (Lipinski definition) is 0. The van der Waals surface area contributed by atoms with Gasteiger partial charge in [0.05, 0.1) is 5.52 Å². The standard InChI is InChI=1S/C18H15BrClNO/c1-12-10-14-11-15(19)4-7-17(14)21(18(12)22)9-8-13-2-5-16(20)6-3-13/h2-7,10-11H,8-9H2,1H3. The first kappa shape index (κ1) is 15.3. The molecule has 3 aromatic rings. The fraction of sp³-hybridized carbons (Fsp3) is 0.167. The molecular weight excluding hydrogens is 362 g/mol. The molecule has 1 heterocycles. The van der Waals surface area contributed by atoms with E-state index in [4.69, 9.17) is 11.6 Å².